The number of hydrogen-bond acceptors (Lipinski definition) is 4. The van der Waals surface area contributed by atoms with E-state index in [4.69, 9.17) is 5.10 Å². The average Bonchev–Trinajstić information content (AvgIpc) is 3.33. The summed E-state index contributed by atoms with van der Waals surface area (Å²) in [6.07, 6.45) is 5.80. The van der Waals surface area contributed by atoms with Crippen LogP contribution in [0.5, 0.6) is 0 Å². The maximum atomic E-state index is 4.82. The van der Waals surface area contributed by atoms with Crippen LogP contribution in [0.4, 0.5) is 0 Å². The van der Waals surface area contributed by atoms with Gasteiger partial charge in [-0.3, -0.25) is 4.98 Å². The predicted octanol–water partition coefficient (Wildman–Crippen LogP) is 4.29. The van der Waals surface area contributed by atoms with E-state index in [2.05, 4.69) is 52.2 Å². The summed E-state index contributed by atoms with van der Waals surface area (Å²) in [7, 11) is 0. The van der Waals surface area contributed by atoms with Gasteiger partial charge in [-0.25, -0.2) is 4.68 Å². The minimum Gasteiger partial charge on any atom is -0.308 e. The third kappa shape index (κ3) is 3.68. The Labute approximate surface area is 150 Å². The maximum absolute atomic E-state index is 4.82. The monoisotopic (exact) mass is 346 g/mol. The molecule has 3 aromatic heterocycles. The molecular formula is C20H18N4S. The molecule has 4 aromatic rings. The fraction of sp³-hybridized carbons (Fsp3) is 0.100. The quantitative estimate of drug-likeness (QED) is 0.566. The Bertz CT molecular complexity index is 915. The molecule has 4 nitrogen and oxygen atoms in total. The molecule has 0 bridgehead atoms. The Morgan fingerprint density at radius 1 is 0.960 bits per heavy atom. The van der Waals surface area contributed by atoms with Crippen molar-refractivity contribution in [1.29, 1.82) is 0 Å². The van der Waals surface area contributed by atoms with E-state index in [1.54, 1.807) is 17.5 Å². The van der Waals surface area contributed by atoms with Crippen molar-refractivity contribution in [3.05, 3.63) is 89.7 Å². The average molecular weight is 346 g/mol. The van der Waals surface area contributed by atoms with Gasteiger partial charge in [-0.05, 0) is 35.2 Å². The zero-order valence-corrected chi connectivity index (χ0v) is 14.5. The number of rotatable bonds is 6. The highest BCUT2D eigenvalue weighted by atomic mass is 32.1. The summed E-state index contributed by atoms with van der Waals surface area (Å²) in [6.45, 7) is 1.54. The van der Waals surface area contributed by atoms with E-state index in [1.165, 1.54) is 16.0 Å². The van der Waals surface area contributed by atoms with Crippen LogP contribution in [-0.4, -0.2) is 14.8 Å². The van der Waals surface area contributed by atoms with E-state index in [9.17, 15) is 0 Å². The maximum Gasteiger partial charge on any atom is 0.107 e. The van der Waals surface area contributed by atoms with Crippen molar-refractivity contribution in [2.24, 2.45) is 0 Å². The fourth-order valence-electron chi connectivity index (χ4n) is 2.72. The van der Waals surface area contributed by atoms with E-state index in [-0.39, 0.29) is 0 Å². The smallest absolute Gasteiger partial charge is 0.107 e. The van der Waals surface area contributed by atoms with Gasteiger partial charge in [-0.2, -0.15) is 5.10 Å². The highest BCUT2D eigenvalue weighted by Crippen LogP contribution is 2.27. The molecule has 0 radical (unpaired) electrons. The molecule has 0 unspecified atom stereocenters. The Hall–Kier alpha value is -2.76. The van der Waals surface area contributed by atoms with Crippen molar-refractivity contribution in [2.75, 3.05) is 0 Å². The minimum absolute atomic E-state index is 0.759. The number of thiophene rings is 1. The zero-order valence-electron chi connectivity index (χ0n) is 13.7. The molecule has 0 amide bonds. The molecule has 0 aliphatic carbocycles. The van der Waals surface area contributed by atoms with Crippen LogP contribution in [-0.2, 0) is 13.1 Å². The summed E-state index contributed by atoms with van der Waals surface area (Å²) in [6, 6.07) is 18.4. The van der Waals surface area contributed by atoms with Crippen LogP contribution >= 0.6 is 11.3 Å². The molecule has 0 saturated heterocycles. The number of nitrogens with one attached hydrogen (secondary N) is 1. The highest BCUT2D eigenvalue weighted by Gasteiger charge is 2.12. The molecule has 25 heavy (non-hydrogen) atoms. The minimum atomic E-state index is 0.759. The van der Waals surface area contributed by atoms with Crippen LogP contribution < -0.4 is 5.32 Å². The van der Waals surface area contributed by atoms with Crippen molar-refractivity contribution in [3.63, 3.8) is 0 Å². The van der Waals surface area contributed by atoms with Crippen LogP contribution in [0.1, 0.15) is 11.1 Å². The second kappa shape index (κ2) is 7.42. The van der Waals surface area contributed by atoms with Crippen molar-refractivity contribution in [1.82, 2.24) is 20.1 Å². The summed E-state index contributed by atoms with van der Waals surface area (Å²) in [5, 5.41) is 10.4. The molecule has 0 fully saturated rings. The third-order valence-corrected chi connectivity index (χ3v) is 4.81. The molecule has 4 rings (SSSR count). The molecule has 0 aliphatic heterocycles. The Morgan fingerprint density at radius 3 is 2.64 bits per heavy atom. The van der Waals surface area contributed by atoms with E-state index in [0.29, 0.717) is 0 Å². The van der Waals surface area contributed by atoms with Crippen molar-refractivity contribution >= 4 is 11.3 Å². The summed E-state index contributed by atoms with van der Waals surface area (Å²) < 4.78 is 1.95. The summed E-state index contributed by atoms with van der Waals surface area (Å²) in [5.74, 6) is 0. The van der Waals surface area contributed by atoms with E-state index in [0.717, 1.165) is 24.5 Å². The van der Waals surface area contributed by atoms with Crippen molar-refractivity contribution in [3.8, 4) is 16.3 Å². The van der Waals surface area contributed by atoms with Crippen LogP contribution in [0, 0.1) is 0 Å². The van der Waals surface area contributed by atoms with Gasteiger partial charge in [-0.15, -0.1) is 11.3 Å². The number of pyridine rings is 1. The normalized spacial score (nSPS) is 10.9. The lowest BCUT2D eigenvalue weighted by atomic mass is 10.2. The van der Waals surface area contributed by atoms with Gasteiger partial charge in [0, 0.05) is 37.2 Å². The van der Waals surface area contributed by atoms with Crippen LogP contribution in [0.2, 0.25) is 0 Å². The molecular weight excluding hydrogens is 328 g/mol. The standard InChI is InChI=1S/C20H18N4S/c1-2-7-18(8-3-1)24-15-17(20(23-24)19-9-5-11-25-19)14-22-13-16-6-4-10-21-12-16/h1-12,15,22H,13-14H2. The van der Waals surface area contributed by atoms with E-state index in [1.807, 2.05) is 35.1 Å². The van der Waals surface area contributed by atoms with E-state index >= 15 is 0 Å². The topological polar surface area (TPSA) is 42.7 Å². The number of aromatic nitrogens is 3. The molecule has 0 saturated carbocycles. The lowest BCUT2D eigenvalue weighted by Gasteiger charge is -2.04. The van der Waals surface area contributed by atoms with Crippen molar-refractivity contribution < 1.29 is 0 Å². The summed E-state index contributed by atoms with van der Waals surface area (Å²) in [4.78, 5) is 5.35. The Kier molecular flexibility index (Phi) is 4.68. The molecule has 124 valence electrons. The third-order valence-electron chi connectivity index (χ3n) is 3.93. The first-order chi connectivity index (χ1) is 12.4. The fourth-order valence-corrected chi connectivity index (χ4v) is 3.46. The molecule has 1 aromatic carbocycles. The molecule has 5 heteroatoms. The largest absolute Gasteiger partial charge is 0.308 e. The highest BCUT2D eigenvalue weighted by molar-refractivity contribution is 7.13. The summed E-state index contributed by atoms with van der Waals surface area (Å²) >= 11 is 1.71. The van der Waals surface area contributed by atoms with Crippen LogP contribution in [0.15, 0.2) is 78.6 Å². The first-order valence-electron chi connectivity index (χ1n) is 8.17. The van der Waals surface area contributed by atoms with E-state index < -0.39 is 0 Å². The lowest BCUT2D eigenvalue weighted by Crippen LogP contribution is -2.12. The second-order valence-electron chi connectivity index (χ2n) is 5.73. The second-order valence-corrected chi connectivity index (χ2v) is 6.67. The first-order valence-corrected chi connectivity index (χ1v) is 9.05. The lowest BCUT2D eigenvalue weighted by molar-refractivity contribution is 0.692. The molecule has 0 aliphatic rings. The zero-order chi connectivity index (χ0) is 16.9. The van der Waals surface area contributed by atoms with Gasteiger partial charge >= 0.3 is 0 Å². The first kappa shape index (κ1) is 15.7. The van der Waals surface area contributed by atoms with Crippen molar-refractivity contribution in [2.45, 2.75) is 13.1 Å². The van der Waals surface area contributed by atoms with Gasteiger partial charge in [0.15, 0.2) is 0 Å². The Balaban J connectivity index is 1.58. The van der Waals surface area contributed by atoms with Gasteiger partial charge in [0.1, 0.15) is 5.69 Å². The van der Waals surface area contributed by atoms with Gasteiger partial charge in [-0.1, -0.05) is 30.3 Å². The van der Waals surface area contributed by atoms with Gasteiger partial charge in [0.05, 0.1) is 10.6 Å². The SMILES string of the molecule is c1ccc(-n2cc(CNCc3cccnc3)c(-c3cccs3)n2)cc1. The van der Waals surface area contributed by atoms with Crippen LogP contribution in [0.3, 0.4) is 0 Å². The summed E-state index contributed by atoms with van der Waals surface area (Å²) in [5.41, 5.74) is 4.47. The molecule has 1 N–H and O–H groups in total. The molecule has 3 heterocycles. The molecule has 0 atom stereocenters. The molecule has 0 spiro atoms. The predicted molar refractivity (Wildman–Crippen MR) is 102 cm³/mol. The number of hydrogen-bond donors (Lipinski definition) is 1. The number of benzene rings is 1. The van der Waals surface area contributed by atoms with Gasteiger partial charge in [0.25, 0.3) is 0 Å². The number of nitrogens with zero attached hydrogens (tertiary/aromatic N) is 3. The van der Waals surface area contributed by atoms with Crippen LogP contribution in [0.25, 0.3) is 16.3 Å². The van der Waals surface area contributed by atoms with Gasteiger partial charge < -0.3 is 5.32 Å². The Morgan fingerprint density at radius 2 is 1.88 bits per heavy atom. The number of para-hydroxylation sites is 1. The van der Waals surface area contributed by atoms with Gasteiger partial charge in [0.2, 0.25) is 0 Å².